The van der Waals surface area contributed by atoms with Crippen molar-refractivity contribution in [3.63, 3.8) is 0 Å². The first kappa shape index (κ1) is 13.7. The summed E-state index contributed by atoms with van der Waals surface area (Å²) in [6.45, 7) is 4.06. The largest absolute Gasteiger partial charge is 0.392 e. The Morgan fingerprint density at radius 2 is 1.94 bits per heavy atom. The van der Waals surface area contributed by atoms with Gasteiger partial charge in [0.05, 0.1) is 12.6 Å². The zero-order valence-corrected chi connectivity index (χ0v) is 10.3. The molecule has 94 valence electrons. The molecule has 1 atom stereocenters. The molecule has 4 N–H and O–H groups in total. The van der Waals surface area contributed by atoms with Gasteiger partial charge in [-0.1, -0.05) is 26.0 Å². The van der Waals surface area contributed by atoms with Crippen molar-refractivity contribution in [1.29, 1.82) is 0 Å². The van der Waals surface area contributed by atoms with E-state index in [2.05, 4.69) is 5.32 Å². The first-order chi connectivity index (χ1) is 8.02. The Kier molecular flexibility index (Phi) is 5.12. The number of nitrogens with one attached hydrogen (secondary N) is 1. The summed E-state index contributed by atoms with van der Waals surface area (Å²) in [5.74, 6) is 0.225. The molecule has 0 bridgehead atoms. The van der Waals surface area contributed by atoms with Crippen LogP contribution >= 0.6 is 0 Å². The predicted molar refractivity (Wildman–Crippen MR) is 68.4 cm³/mol. The third kappa shape index (κ3) is 4.54. The SMILES string of the molecule is CC(C)C[C@@H](N)C(=O)Nc1ccc(CO)cc1. The van der Waals surface area contributed by atoms with E-state index < -0.39 is 6.04 Å². The number of aliphatic hydroxyl groups excluding tert-OH is 1. The second kappa shape index (κ2) is 6.37. The minimum absolute atomic E-state index is 0.00108. The summed E-state index contributed by atoms with van der Waals surface area (Å²) in [4.78, 5) is 11.7. The van der Waals surface area contributed by atoms with Crippen LogP contribution in [0.2, 0.25) is 0 Å². The Bertz CT molecular complexity index is 360. The molecule has 0 aliphatic carbocycles. The van der Waals surface area contributed by atoms with Crippen LogP contribution < -0.4 is 11.1 Å². The van der Waals surface area contributed by atoms with Crippen molar-refractivity contribution >= 4 is 11.6 Å². The van der Waals surface area contributed by atoms with Crippen LogP contribution in [0.4, 0.5) is 5.69 Å². The second-order valence-corrected chi connectivity index (χ2v) is 4.58. The summed E-state index contributed by atoms with van der Waals surface area (Å²) < 4.78 is 0. The number of hydrogen-bond donors (Lipinski definition) is 3. The molecule has 0 unspecified atom stereocenters. The van der Waals surface area contributed by atoms with Gasteiger partial charge in [-0.3, -0.25) is 4.79 Å². The van der Waals surface area contributed by atoms with E-state index in [9.17, 15) is 4.79 Å². The molecule has 1 aromatic carbocycles. The summed E-state index contributed by atoms with van der Waals surface area (Å²) in [5.41, 5.74) is 7.28. The lowest BCUT2D eigenvalue weighted by atomic mass is 10.0. The van der Waals surface area contributed by atoms with Crippen LogP contribution in [-0.4, -0.2) is 17.1 Å². The summed E-state index contributed by atoms with van der Waals surface area (Å²) in [6, 6.07) is 6.57. The molecule has 0 heterocycles. The average Bonchev–Trinajstić information content (AvgIpc) is 2.29. The van der Waals surface area contributed by atoms with E-state index in [1.54, 1.807) is 24.3 Å². The van der Waals surface area contributed by atoms with Crippen LogP contribution in [0.3, 0.4) is 0 Å². The molecule has 0 radical (unpaired) electrons. The van der Waals surface area contributed by atoms with Gasteiger partial charge in [0.2, 0.25) is 5.91 Å². The van der Waals surface area contributed by atoms with Gasteiger partial charge >= 0.3 is 0 Å². The maximum atomic E-state index is 11.7. The lowest BCUT2D eigenvalue weighted by Crippen LogP contribution is -2.36. The molecule has 0 saturated heterocycles. The predicted octanol–water partition coefficient (Wildman–Crippen LogP) is 1.49. The monoisotopic (exact) mass is 236 g/mol. The Morgan fingerprint density at radius 1 is 1.35 bits per heavy atom. The molecule has 0 aliphatic heterocycles. The van der Waals surface area contributed by atoms with Gasteiger partial charge in [-0.25, -0.2) is 0 Å². The van der Waals surface area contributed by atoms with Gasteiger partial charge in [0.25, 0.3) is 0 Å². The highest BCUT2D eigenvalue weighted by Crippen LogP contribution is 2.11. The zero-order valence-electron chi connectivity index (χ0n) is 10.3. The van der Waals surface area contributed by atoms with E-state index in [0.717, 1.165) is 5.56 Å². The third-order valence-electron chi connectivity index (χ3n) is 2.47. The van der Waals surface area contributed by atoms with Crippen LogP contribution in [0.15, 0.2) is 24.3 Å². The maximum Gasteiger partial charge on any atom is 0.241 e. The van der Waals surface area contributed by atoms with Crippen LogP contribution in [0.5, 0.6) is 0 Å². The first-order valence-corrected chi connectivity index (χ1v) is 5.79. The van der Waals surface area contributed by atoms with Gasteiger partial charge in [0.15, 0.2) is 0 Å². The topological polar surface area (TPSA) is 75.4 Å². The number of amides is 1. The number of nitrogens with two attached hydrogens (primary N) is 1. The Balaban J connectivity index is 2.55. The molecule has 1 amide bonds. The number of rotatable bonds is 5. The number of carbonyl (C=O) groups excluding carboxylic acids is 1. The minimum Gasteiger partial charge on any atom is -0.392 e. The van der Waals surface area contributed by atoms with Crippen LogP contribution in [0, 0.1) is 5.92 Å². The molecule has 1 rings (SSSR count). The molecular weight excluding hydrogens is 216 g/mol. The van der Waals surface area contributed by atoms with Gasteiger partial charge in [-0.05, 0) is 30.0 Å². The van der Waals surface area contributed by atoms with Crippen molar-refractivity contribution in [3.05, 3.63) is 29.8 Å². The van der Waals surface area contributed by atoms with Crippen LogP contribution in [0.25, 0.3) is 0 Å². The fraction of sp³-hybridized carbons (Fsp3) is 0.462. The minimum atomic E-state index is -0.479. The van der Waals surface area contributed by atoms with Crippen LogP contribution in [-0.2, 0) is 11.4 Å². The zero-order chi connectivity index (χ0) is 12.8. The number of hydrogen-bond acceptors (Lipinski definition) is 3. The quantitative estimate of drug-likeness (QED) is 0.725. The first-order valence-electron chi connectivity index (χ1n) is 5.79. The average molecular weight is 236 g/mol. The van der Waals surface area contributed by atoms with E-state index in [-0.39, 0.29) is 12.5 Å². The standard InChI is InChI=1S/C13H20N2O2/c1-9(2)7-12(14)13(17)15-11-5-3-10(8-16)4-6-11/h3-6,9,12,16H,7-8,14H2,1-2H3,(H,15,17)/t12-/m1/s1. The lowest BCUT2D eigenvalue weighted by Gasteiger charge is -2.14. The Labute approximate surface area is 102 Å². The van der Waals surface area contributed by atoms with E-state index in [1.165, 1.54) is 0 Å². The normalized spacial score (nSPS) is 12.5. The fourth-order valence-electron chi connectivity index (χ4n) is 1.54. The highest BCUT2D eigenvalue weighted by atomic mass is 16.3. The molecule has 0 fully saturated rings. The third-order valence-corrected chi connectivity index (χ3v) is 2.47. The molecular formula is C13H20N2O2. The van der Waals surface area contributed by atoms with Crippen molar-refractivity contribution < 1.29 is 9.90 Å². The van der Waals surface area contributed by atoms with Gasteiger partial charge < -0.3 is 16.2 Å². The van der Waals surface area contributed by atoms with Gasteiger partial charge in [0, 0.05) is 5.69 Å². The number of anilines is 1. The number of carbonyl (C=O) groups is 1. The Hall–Kier alpha value is -1.39. The lowest BCUT2D eigenvalue weighted by molar-refractivity contribution is -0.117. The van der Waals surface area contributed by atoms with Crippen molar-refractivity contribution in [3.8, 4) is 0 Å². The molecule has 17 heavy (non-hydrogen) atoms. The summed E-state index contributed by atoms with van der Waals surface area (Å²) >= 11 is 0. The van der Waals surface area contributed by atoms with Crippen LogP contribution in [0.1, 0.15) is 25.8 Å². The van der Waals surface area contributed by atoms with Crippen molar-refractivity contribution in [2.24, 2.45) is 11.7 Å². The molecule has 0 aliphatic rings. The number of aliphatic hydroxyl groups is 1. The van der Waals surface area contributed by atoms with E-state index in [0.29, 0.717) is 18.0 Å². The summed E-state index contributed by atoms with van der Waals surface area (Å²) in [6.07, 6.45) is 0.667. The number of benzene rings is 1. The van der Waals surface area contributed by atoms with Gasteiger partial charge in [-0.2, -0.15) is 0 Å². The molecule has 0 saturated carbocycles. The second-order valence-electron chi connectivity index (χ2n) is 4.58. The summed E-state index contributed by atoms with van der Waals surface area (Å²) in [5, 5.41) is 11.6. The van der Waals surface area contributed by atoms with Crippen molar-refractivity contribution in [2.45, 2.75) is 32.9 Å². The summed E-state index contributed by atoms with van der Waals surface area (Å²) in [7, 11) is 0. The van der Waals surface area contributed by atoms with E-state index >= 15 is 0 Å². The molecule has 4 heteroatoms. The van der Waals surface area contributed by atoms with E-state index in [1.807, 2.05) is 13.8 Å². The Morgan fingerprint density at radius 3 is 2.41 bits per heavy atom. The molecule has 1 aromatic rings. The fourth-order valence-corrected chi connectivity index (χ4v) is 1.54. The van der Waals surface area contributed by atoms with Gasteiger partial charge in [0.1, 0.15) is 0 Å². The van der Waals surface area contributed by atoms with Crippen molar-refractivity contribution in [2.75, 3.05) is 5.32 Å². The highest BCUT2D eigenvalue weighted by molar-refractivity contribution is 5.94. The van der Waals surface area contributed by atoms with Gasteiger partial charge in [-0.15, -0.1) is 0 Å². The van der Waals surface area contributed by atoms with Crippen molar-refractivity contribution in [1.82, 2.24) is 0 Å². The van der Waals surface area contributed by atoms with E-state index in [4.69, 9.17) is 10.8 Å². The molecule has 4 nitrogen and oxygen atoms in total. The maximum absolute atomic E-state index is 11.7. The molecule has 0 aromatic heterocycles. The highest BCUT2D eigenvalue weighted by Gasteiger charge is 2.14. The molecule has 0 spiro atoms. The smallest absolute Gasteiger partial charge is 0.241 e.